The van der Waals surface area contributed by atoms with Crippen LogP contribution in [0.5, 0.6) is 11.5 Å². The van der Waals surface area contributed by atoms with Crippen molar-refractivity contribution in [1.29, 1.82) is 0 Å². The molecule has 1 spiro atoms. The Morgan fingerprint density at radius 2 is 2.08 bits per heavy atom. The van der Waals surface area contributed by atoms with Gasteiger partial charge in [-0.3, -0.25) is 9.69 Å². The monoisotopic (exact) mass is 364 g/mol. The molecule has 1 N–H and O–H groups in total. The van der Waals surface area contributed by atoms with Crippen LogP contribution in [-0.2, 0) is 11.3 Å². The molecule has 0 bridgehead atoms. The van der Waals surface area contributed by atoms with Gasteiger partial charge in [0.2, 0.25) is 0 Å². The Bertz CT molecular complexity index is 738. The van der Waals surface area contributed by atoms with Crippen LogP contribution in [0.2, 0.25) is 5.02 Å². The molecule has 1 saturated heterocycles. The van der Waals surface area contributed by atoms with Crippen molar-refractivity contribution >= 4 is 23.5 Å². The van der Waals surface area contributed by atoms with Gasteiger partial charge in [-0.2, -0.15) is 0 Å². The molecule has 2 fully saturated rings. The van der Waals surface area contributed by atoms with E-state index in [1.165, 1.54) is 4.90 Å². The number of urea groups is 1. The molecule has 1 aromatic rings. The Kier molecular flexibility index (Phi) is 4.02. The average Bonchev–Trinajstić information content (AvgIpc) is 2.83. The van der Waals surface area contributed by atoms with E-state index >= 15 is 0 Å². The smallest absolute Gasteiger partial charge is 0.325 e. The van der Waals surface area contributed by atoms with Crippen molar-refractivity contribution in [2.75, 3.05) is 13.2 Å². The first-order valence-corrected chi connectivity index (χ1v) is 9.11. The summed E-state index contributed by atoms with van der Waals surface area (Å²) in [5.41, 5.74) is 0.00528. The SMILES string of the molecule is C[C@@H]1CCCC[C@@]12NC(=O)N(Cc1cc(Cl)c3c(c1)OCCO3)C2=O. The van der Waals surface area contributed by atoms with E-state index in [1.54, 1.807) is 12.1 Å². The largest absolute Gasteiger partial charge is 0.486 e. The lowest BCUT2D eigenvalue weighted by Gasteiger charge is -2.36. The van der Waals surface area contributed by atoms with Crippen LogP contribution >= 0.6 is 11.6 Å². The number of benzene rings is 1. The molecule has 2 aliphatic heterocycles. The van der Waals surface area contributed by atoms with Crippen molar-refractivity contribution in [3.63, 3.8) is 0 Å². The van der Waals surface area contributed by atoms with Gasteiger partial charge in [-0.1, -0.05) is 31.4 Å². The number of fused-ring (bicyclic) bond motifs is 1. The predicted molar refractivity (Wildman–Crippen MR) is 91.9 cm³/mol. The minimum Gasteiger partial charge on any atom is -0.486 e. The number of nitrogens with one attached hydrogen (secondary N) is 1. The fourth-order valence-electron chi connectivity index (χ4n) is 4.08. The lowest BCUT2D eigenvalue weighted by Crippen LogP contribution is -2.53. The topological polar surface area (TPSA) is 67.9 Å². The number of rotatable bonds is 2. The fraction of sp³-hybridized carbons (Fsp3) is 0.556. The molecule has 2 atom stereocenters. The van der Waals surface area contributed by atoms with Crippen LogP contribution in [0, 0.1) is 5.92 Å². The molecule has 1 aromatic carbocycles. The van der Waals surface area contributed by atoms with E-state index in [4.69, 9.17) is 21.1 Å². The maximum Gasteiger partial charge on any atom is 0.325 e. The summed E-state index contributed by atoms with van der Waals surface area (Å²) in [6.07, 6.45) is 3.72. The number of hydrogen-bond donors (Lipinski definition) is 1. The first-order valence-electron chi connectivity index (χ1n) is 8.73. The van der Waals surface area contributed by atoms with Crippen LogP contribution in [0.15, 0.2) is 12.1 Å². The van der Waals surface area contributed by atoms with Crippen molar-refractivity contribution in [1.82, 2.24) is 10.2 Å². The Balaban J connectivity index is 1.60. The first kappa shape index (κ1) is 16.5. The number of halogens is 1. The highest BCUT2D eigenvalue weighted by atomic mass is 35.5. The molecule has 1 aliphatic carbocycles. The molecule has 3 aliphatic rings. The molecule has 7 heteroatoms. The van der Waals surface area contributed by atoms with Crippen molar-refractivity contribution < 1.29 is 19.1 Å². The lowest BCUT2D eigenvalue weighted by molar-refractivity contribution is -0.134. The highest BCUT2D eigenvalue weighted by Crippen LogP contribution is 2.41. The zero-order valence-corrected chi connectivity index (χ0v) is 14.9. The minimum atomic E-state index is -0.743. The van der Waals surface area contributed by atoms with Crippen LogP contribution in [0.25, 0.3) is 0 Å². The predicted octanol–water partition coefficient (Wildman–Crippen LogP) is 3.11. The van der Waals surface area contributed by atoms with E-state index < -0.39 is 5.54 Å². The van der Waals surface area contributed by atoms with E-state index in [9.17, 15) is 9.59 Å². The van der Waals surface area contributed by atoms with Gasteiger partial charge >= 0.3 is 6.03 Å². The Labute approximate surface area is 151 Å². The van der Waals surface area contributed by atoms with E-state index in [1.807, 2.05) is 6.92 Å². The van der Waals surface area contributed by atoms with Gasteiger partial charge in [0.25, 0.3) is 5.91 Å². The quantitative estimate of drug-likeness (QED) is 0.819. The minimum absolute atomic E-state index is 0.129. The summed E-state index contributed by atoms with van der Waals surface area (Å²) in [6.45, 7) is 3.13. The second-order valence-corrected chi connectivity index (χ2v) is 7.45. The number of nitrogens with zero attached hydrogens (tertiary/aromatic N) is 1. The number of amides is 3. The summed E-state index contributed by atoms with van der Waals surface area (Å²) in [7, 11) is 0. The van der Waals surface area contributed by atoms with Crippen molar-refractivity contribution in [2.45, 2.75) is 44.7 Å². The molecule has 4 rings (SSSR count). The molecule has 0 radical (unpaired) electrons. The lowest BCUT2D eigenvalue weighted by atomic mass is 9.73. The maximum atomic E-state index is 13.0. The standard InChI is InChI=1S/C18H21ClN2O4/c1-11-4-2-3-5-18(11)16(22)21(17(23)20-18)10-12-8-13(19)15-14(9-12)24-6-7-25-15/h8-9,11H,2-7,10H2,1H3,(H,20,23)/t11-,18-/m1/s1. The third kappa shape index (κ3) is 2.63. The van der Waals surface area contributed by atoms with Crippen molar-refractivity contribution in [3.05, 3.63) is 22.7 Å². The van der Waals surface area contributed by atoms with Gasteiger partial charge in [0.05, 0.1) is 11.6 Å². The second kappa shape index (κ2) is 6.09. The summed E-state index contributed by atoms with van der Waals surface area (Å²) in [5, 5.41) is 3.40. The molecular weight excluding hydrogens is 344 g/mol. The van der Waals surface area contributed by atoms with Gasteiger partial charge < -0.3 is 14.8 Å². The summed E-state index contributed by atoms with van der Waals surface area (Å²) in [5.74, 6) is 1.09. The summed E-state index contributed by atoms with van der Waals surface area (Å²) >= 11 is 6.26. The molecule has 0 unspecified atom stereocenters. The summed E-state index contributed by atoms with van der Waals surface area (Å²) in [6, 6.07) is 3.19. The van der Waals surface area contributed by atoms with Gasteiger partial charge in [-0.05, 0) is 36.5 Å². The fourth-order valence-corrected chi connectivity index (χ4v) is 4.36. The van der Waals surface area contributed by atoms with Gasteiger partial charge in [0, 0.05) is 0 Å². The van der Waals surface area contributed by atoms with Crippen LogP contribution in [0.1, 0.15) is 38.2 Å². The Morgan fingerprint density at radius 1 is 1.28 bits per heavy atom. The molecule has 6 nitrogen and oxygen atoms in total. The van der Waals surface area contributed by atoms with Gasteiger partial charge in [-0.15, -0.1) is 0 Å². The first-order chi connectivity index (χ1) is 12.0. The van der Waals surface area contributed by atoms with E-state index in [-0.39, 0.29) is 24.4 Å². The number of imide groups is 1. The molecule has 134 valence electrons. The van der Waals surface area contributed by atoms with E-state index in [0.29, 0.717) is 36.2 Å². The van der Waals surface area contributed by atoms with E-state index in [2.05, 4.69) is 5.32 Å². The van der Waals surface area contributed by atoms with Gasteiger partial charge in [0.15, 0.2) is 11.5 Å². The zero-order valence-electron chi connectivity index (χ0n) is 14.1. The molecule has 1 saturated carbocycles. The maximum absolute atomic E-state index is 13.0. The Hall–Kier alpha value is -1.95. The molecule has 25 heavy (non-hydrogen) atoms. The normalized spacial score (nSPS) is 28.4. The zero-order chi connectivity index (χ0) is 17.6. The highest BCUT2D eigenvalue weighted by molar-refractivity contribution is 6.32. The second-order valence-electron chi connectivity index (χ2n) is 7.04. The average molecular weight is 365 g/mol. The summed E-state index contributed by atoms with van der Waals surface area (Å²) < 4.78 is 11.1. The molecule has 0 aromatic heterocycles. The van der Waals surface area contributed by atoms with E-state index in [0.717, 1.165) is 24.8 Å². The third-order valence-corrected chi connectivity index (χ3v) is 5.78. The van der Waals surface area contributed by atoms with Gasteiger partial charge in [0.1, 0.15) is 18.8 Å². The van der Waals surface area contributed by atoms with Crippen LogP contribution < -0.4 is 14.8 Å². The van der Waals surface area contributed by atoms with Gasteiger partial charge in [-0.25, -0.2) is 4.79 Å². The van der Waals surface area contributed by atoms with Crippen molar-refractivity contribution in [3.8, 4) is 11.5 Å². The Morgan fingerprint density at radius 3 is 2.88 bits per heavy atom. The molecular formula is C18H21ClN2O4. The highest BCUT2D eigenvalue weighted by Gasteiger charge is 2.54. The molecule has 3 amide bonds. The van der Waals surface area contributed by atoms with Crippen molar-refractivity contribution in [2.24, 2.45) is 5.92 Å². The van der Waals surface area contributed by atoms with Crippen LogP contribution in [0.4, 0.5) is 4.79 Å². The van der Waals surface area contributed by atoms with Crippen LogP contribution in [0.3, 0.4) is 0 Å². The number of ether oxygens (including phenoxy) is 2. The number of carbonyl (C=O) groups is 2. The number of carbonyl (C=O) groups excluding carboxylic acids is 2. The third-order valence-electron chi connectivity index (χ3n) is 5.50. The van der Waals surface area contributed by atoms with Crippen LogP contribution in [-0.4, -0.2) is 35.6 Å². The number of hydrogen-bond acceptors (Lipinski definition) is 4. The summed E-state index contributed by atoms with van der Waals surface area (Å²) in [4.78, 5) is 26.8. The molecule has 2 heterocycles.